The molecule has 0 aliphatic heterocycles. The predicted molar refractivity (Wildman–Crippen MR) is 101 cm³/mol. The second kappa shape index (κ2) is 6.54. The second-order valence-corrected chi connectivity index (χ2v) is 7.10. The average Bonchev–Trinajstić information content (AvgIpc) is 3.01. The molecule has 1 aliphatic carbocycles. The summed E-state index contributed by atoms with van der Waals surface area (Å²) in [6.45, 7) is 0. The number of rotatable bonds is 3. The van der Waals surface area contributed by atoms with E-state index in [1.807, 2.05) is 30.5 Å². The van der Waals surface area contributed by atoms with Gasteiger partial charge in [-0.3, -0.25) is 0 Å². The molecule has 1 fully saturated rings. The molecule has 1 aliphatic rings. The molecule has 130 valence electrons. The van der Waals surface area contributed by atoms with Crippen LogP contribution in [0, 0.1) is 0 Å². The van der Waals surface area contributed by atoms with E-state index >= 15 is 0 Å². The van der Waals surface area contributed by atoms with Gasteiger partial charge >= 0.3 is 0 Å². The average molecular weight is 357 g/mol. The summed E-state index contributed by atoms with van der Waals surface area (Å²) in [7, 11) is 0. The molecule has 3 aromatic rings. The van der Waals surface area contributed by atoms with Crippen molar-refractivity contribution in [3.8, 4) is 0 Å². The van der Waals surface area contributed by atoms with Crippen molar-refractivity contribution in [1.82, 2.24) is 14.6 Å². The lowest BCUT2D eigenvalue weighted by Crippen LogP contribution is -2.25. The van der Waals surface area contributed by atoms with Crippen LogP contribution in [-0.4, -0.2) is 20.6 Å². The highest BCUT2D eigenvalue weighted by Gasteiger charge is 2.23. The van der Waals surface area contributed by atoms with Gasteiger partial charge in [0.25, 0.3) is 0 Å². The van der Waals surface area contributed by atoms with Crippen molar-refractivity contribution in [3.63, 3.8) is 0 Å². The summed E-state index contributed by atoms with van der Waals surface area (Å²) in [6.07, 6.45) is 6.22. The van der Waals surface area contributed by atoms with Crippen molar-refractivity contribution in [2.45, 2.75) is 37.6 Å². The first kappa shape index (κ1) is 16.2. The zero-order valence-corrected chi connectivity index (χ0v) is 14.6. The van der Waals surface area contributed by atoms with Crippen LogP contribution >= 0.6 is 11.6 Å². The molecule has 0 atom stereocenters. The van der Waals surface area contributed by atoms with Crippen LogP contribution in [0.15, 0.2) is 36.5 Å². The van der Waals surface area contributed by atoms with E-state index in [2.05, 4.69) is 10.4 Å². The molecule has 5 N–H and O–H groups in total. The summed E-state index contributed by atoms with van der Waals surface area (Å²) < 4.78 is 1.76. The zero-order chi connectivity index (χ0) is 17.4. The van der Waals surface area contributed by atoms with Crippen molar-refractivity contribution >= 4 is 34.4 Å². The van der Waals surface area contributed by atoms with Crippen LogP contribution in [0.3, 0.4) is 0 Å². The van der Waals surface area contributed by atoms with Crippen molar-refractivity contribution in [1.29, 1.82) is 0 Å². The minimum Gasteiger partial charge on any atom is -0.382 e. The summed E-state index contributed by atoms with van der Waals surface area (Å²) in [5, 5.41) is 8.42. The van der Waals surface area contributed by atoms with Gasteiger partial charge in [-0.1, -0.05) is 11.6 Å². The van der Waals surface area contributed by atoms with Gasteiger partial charge in [0.1, 0.15) is 5.82 Å². The number of hydrogen-bond acceptors (Lipinski definition) is 5. The quantitative estimate of drug-likeness (QED) is 0.665. The Morgan fingerprint density at radius 1 is 1.12 bits per heavy atom. The Kier molecular flexibility index (Phi) is 4.23. The molecule has 0 amide bonds. The topological polar surface area (TPSA) is 94.3 Å². The molecule has 2 aromatic heterocycles. The zero-order valence-electron chi connectivity index (χ0n) is 13.8. The SMILES string of the molecule is Nc1cc(Nc2ccc(Cl)cc2)c2nc([C@H]3CC[C@H](N)CC3)cn2n1. The monoisotopic (exact) mass is 356 g/mol. The molecule has 0 radical (unpaired) electrons. The lowest BCUT2D eigenvalue weighted by molar-refractivity contribution is 0.391. The van der Waals surface area contributed by atoms with E-state index in [1.54, 1.807) is 10.6 Å². The number of halogens is 1. The van der Waals surface area contributed by atoms with Gasteiger partial charge < -0.3 is 16.8 Å². The smallest absolute Gasteiger partial charge is 0.177 e. The maximum absolute atomic E-state index is 6.02. The van der Waals surface area contributed by atoms with E-state index in [1.165, 1.54) is 0 Å². The third-order valence-electron chi connectivity index (χ3n) is 4.78. The number of nitrogens with one attached hydrogen (secondary N) is 1. The Labute approximate surface area is 151 Å². The van der Waals surface area contributed by atoms with Crippen molar-refractivity contribution in [3.05, 3.63) is 47.2 Å². The first-order chi connectivity index (χ1) is 12.1. The Morgan fingerprint density at radius 3 is 2.56 bits per heavy atom. The van der Waals surface area contributed by atoms with Gasteiger partial charge in [-0.25, -0.2) is 9.50 Å². The molecule has 0 bridgehead atoms. The first-order valence-corrected chi connectivity index (χ1v) is 8.90. The van der Waals surface area contributed by atoms with Crippen molar-refractivity contribution < 1.29 is 0 Å². The van der Waals surface area contributed by atoms with Gasteiger partial charge in [0.05, 0.1) is 17.6 Å². The summed E-state index contributed by atoms with van der Waals surface area (Å²) in [5.74, 6) is 0.879. The molecular weight excluding hydrogens is 336 g/mol. The van der Waals surface area contributed by atoms with Crippen LogP contribution in [-0.2, 0) is 0 Å². The Bertz CT molecular complexity index is 880. The molecule has 7 heteroatoms. The van der Waals surface area contributed by atoms with Crippen LogP contribution in [0.5, 0.6) is 0 Å². The minimum absolute atomic E-state index is 0.323. The standard InChI is InChI=1S/C18H21ClN6/c19-12-3-7-14(8-4-12)22-15-9-17(21)24-25-10-16(23-18(15)25)11-1-5-13(20)6-2-11/h3-4,7-11,13,22H,1-2,5-6,20H2,(H2,21,24)/t11-,13-. The molecule has 0 unspecified atom stereocenters. The minimum atomic E-state index is 0.323. The molecule has 0 spiro atoms. The number of nitrogens with two attached hydrogens (primary N) is 2. The fourth-order valence-corrected chi connectivity index (χ4v) is 3.53. The molecule has 2 heterocycles. The molecule has 6 nitrogen and oxygen atoms in total. The number of nitrogens with zero attached hydrogens (tertiary/aromatic N) is 3. The first-order valence-electron chi connectivity index (χ1n) is 8.52. The van der Waals surface area contributed by atoms with Crippen LogP contribution in [0.1, 0.15) is 37.3 Å². The van der Waals surface area contributed by atoms with E-state index < -0.39 is 0 Å². The molecule has 1 aromatic carbocycles. The van der Waals surface area contributed by atoms with Crippen LogP contribution in [0.25, 0.3) is 5.65 Å². The van der Waals surface area contributed by atoms with Gasteiger partial charge in [-0.05, 0) is 49.9 Å². The second-order valence-electron chi connectivity index (χ2n) is 6.66. The lowest BCUT2D eigenvalue weighted by Gasteiger charge is -2.24. The van der Waals surface area contributed by atoms with E-state index in [9.17, 15) is 0 Å². The van der Waals surface area contributed by atoms with Gasteiger partial charge in [0.15, 0.2) is 5.65 Å². The van der Waals surface area contributed by atoms with E-state index in [4.69, 9.17) is 28.1 Å². The van der Waals surface area contributed by atoms with E-state index in [0.717, 1.165) is 48.4 Å². The molecule has 25 heavy (non-hydrogen) atoms. The predicted octanol–water partition coefficient (Wildman–Crippen LogP) is 3.69. The molecule has 0 saturated heterocycles. The summed E-state index contributed by atoms with van der Waals surface area (Å²) in [5.41, 5.74) is 15.6. The highest BCUT2D eigenvalue weighted by molar-refractivity contribution is 6.30. The summed E-state index contributed by atoms with van der Waals surface area (Å²) in [6, 6.07) is 9.65. The Hall–Kier alpha value is -2.31. The third kappa shape index (κ3) is 3.41. The van der Waals surface area contributed by atoms with Gasteiger partial charge in [-0.15, -0.1) is 5.10 Å². The van der Waals surface area contributed by atoms with Crippen molar-refractivity contribution in [2.75, 3.05) is 11.1 Å². The summed E-state index contributed by atoms with van der Waals surface area (Å²) in [4.78, 5) is 4.83. The number of nitrogen functional groups attached to an aromatic ring is 1. The van der Waals surface area contributed by atoms with Gasteiger partial charge in [0.2, 0.25) is 0 Å². The largest absolute Gasteiger partial charge is 0.382 e. The fourth-order valence-electron chi connectivity index (χ4n) is 3.41. The number of benzene rings is 1. The number of aromatic nitrogens is 3. The van der Waals surface area contributed by atoms with Gasteiger partial charge in [0, 0.05) is 28.7 Å². The Balaban J connectivity index is 1.68. The fraction of sp³-hybridized carbons (Fsp3) is 0.333. The number of anilines is 3. The van der Waals surface area contributed by atoms with Crippen LogP contribution in [0.2, 0.25) is 5.02 Å². The maximum Gasteiger partial charge on any atom is 0.177 e. The lowest BCUT2D eigenvalue weighted by atomic mass is 9.85. The molecule has 1 saturated carbocycles. The molecular formula is C18H21ClN6. The number of fused-ring (bicyclic) bond motifs is 1. The highest BCUT2D eigenvalue weighted by Crippen LogP contribution is 2.33. The van der Waals surface area contributed by atoms with Gasteiger partial charge in [-0.2, -0.15) is 0 Å². The highest BCUT2D eigenvalue weighted by atomic mass is 35.5. The van der Waals surface area contributed by atoms with Crippen LogP contribution in [0.4, 0.5) is 17.2 Å². The third-order valence-corrected chi connectivity index (χ3v) is 5.03. The number of hydrogen-bond donors (Lipinski definition) is 3. The molecule has 4 rings (SSSR count). The van der Waals surface area contributed by atoms with E-state index in [0.29, 0.717) is 22.8 Å². The van der Waals surface area contributed by atoms with Crippen LogP contribution < -0.4 is 16.8 Å². The normalized spacial score (nSPS) is 20.7. The van der Waals surface area contributed by atoms with Crippen molar-refractivity contribution in [2.24, 2.45) is 5.73 Å². The van der Waals surface area contributed by atoms with E-state index in [-0.39, 0.29) is 0 Å². The Morgan fingerprint density at radius 2 is 1.84 bits per heavy atom. The number of imidazole rings is 1. The maximum atomic E-state index is 6.02. The summed E-state index contributed by atoms with van der Waals surface area (Å²) >= 11 is 5.95.